The van der Waals surface area contributed by atoms with Crippen molar-refractivity contribution in [2.75, 3.05) is 19.6 Å². The SMILES string of the molecule is CC(O)C1CCCN(C(=O)C2CC(=O)N(C(C)c3ccccc3)C2)C1. The van der Waals surface area contributed by atoms with Crippen LogP contribution in [0.5, 0.6) is 0 Å². The summed E-state index contributed by atoms with van der Waals surface area (Å²) in [4.78, 5) is 29.0. The minimum absolute atomic E-state index is 0.0157. The van der Waals surface area contributed by atoms with Crippen LogP contribution in [0.1, 0.15) is 44.7 Å². The van der Waals surface area contributed by atoms with E-state index in [2.05, 4.69) is 0 Å². The number of hydrogen-bond donors (Lipinski definition) is 1. The molecule has 2 fully saturated rings. The van der Waals surface area contributed by atoms with Crippen molar-refractivity contribution in [3.8, 4) is 0 Å². The van der Waals surface area contributed by atoms with Crippen molar-refractivity contribution in [1.29, 1.82) is 0 Å². The van der Waals surface area contributed by atoms with Crippen LogP contribution in [0.25, 0.3) is 0 Å². The molecule has 2 amide bonds. The van der Waals surface area contributed by atoms with Gasteiger partial charge < -0.3 is 14.9 Å². The van der Waals surface area contributed by atoms with Gasteiger partial charge in [-0.3, -0.25) is 9.59 Å². The van der Waals surface area contributed by atoms with E-state index in [1.165, 1.54) is 0 Å². The number of benzene rings is 1. The molecule has 0 saturated carbocycles. The van der Waals surface area contributed by atoms with Crippen LogP contribution in [0, 0.1) is 11.8 Å². The summed E-state index contributed by atoms with van der Waals surface area (Å²) in [6, 6.07) is 9.93. The second kappa shape index (κ2) is 7.56. The molecule has 2 aliphatic heterocycles. The molecule has 4 unspecified atom stereocenters. The summed E-state index contributed by atoms with van der Waals surface area (Å²) in [6.07, 6.45) is 1.79. The van der Waals surface area contributed by atoms with E-state index in [0.29, 0.717) is 19.5 Å². The molecule has 1 aromatic rings. The third-order valence-corrected chi connectivity index (χ3v) is 5.71. The highest BCUT2D eigenvalue weighted by Crippen LogP contribution is 2.30. The fraction of sp³-hybridized carbons (Fsp3) is 0.600. The Morgan fingerprint density at radius 1 is 1.20 bits per heavy atom. The molecule has 0 spiro atoms. The molecule has 1 aromatic carbocycles. The van der Waals surface area contributed by atoms with Crippen LogP contribution in [0.4, 0.5) is 0 Å². The first kappa shape index (κ1) is 17.9. The maximum atomic E-state index is 12.9. The standard InChI is InChI=1S/C20H28N2O3/c1-14(16-7-4-3-5-8-16)22-13-18(11-19(22)24)20(25)21-10-6-9-17(12-21)15(2)23/h3-5,7-8,14-15,17-18,23H,6,9-13H2,1-2H3. The summed E-state index contributed by atoms with van der Waals surface area (Å²) in [5.41, 5.74) is 1.09. The van der Waals surface area contributed by atoms with Crippen LogP contribution in [0.2, 0.25) is 0 Å². The van der Waals surface area contributed by atoms with Gasteiger partial charge in [-0.15, -0.1) is 0 Å². The van der Waals surface area contributed by atoms with Crippen molar-refractivity contribution >= 4 is 11.8 Å². The van der Waals surface area contributed by atoms with Crippen molar-refractivity contribution in [2.24, 2.45) is 11.8 Å². The Labute approximate surface area is 149 Å². The van der Waals surface area contributed by atoms with Gasteiger partial charge in [0.05, 0.1) is 18.1 Å². The lowest BCUT2D eigenvalue weighted by atomic mass is 9.92. The van der Waals surface area contributed by atoms with Gasteiger partial charge in [-0.25, -0.2) is 0 Å². The number of likely N-dealkylation sites (tertiary alicyclic amines) is 2. The Morgan fingerprint density at radius 2 is 1.92 bits per heavy atom. The minimum atomic E-state index is -0.393. The number of nitrogens with zero attached hydrogens (tertiary/aromatic N) is 2. The summed E-state index contributed by atoms with van der Waals surface area (Å²) in [7, 11) is 0. The normalized spacial score (nSPS) is 26.6. The molecule has 1 N–H and O–H groups in total. The van der Waals surface area contributed by atoms with Crippen molar-refractivity contribution < 1.29 is 14.7 Å². The average molecular weight is 344 g/mol. The van der Waals surface area contributed by atoms with E-state index in [1.54, 1.807) is 6.92 Å². The Hall–Kier alpha value is -1.88. The number of carbonyl (C=O) groups excluding carboxylic acids is 2. The largest absolute Gasteiger partial charge is 0.393 e. The fourth-order valence-corrected chi connectivity index (χ4v) is 4.04. The van der Waals surface area contributed by atoms with Crippen molar-refractivity contribution in [2.45, 2.75) is 45.3 Å². The molecular formula is C20H28N2O3. The number of amides is 2. The van der Waals surface area contributed by atoms with E-state index in [-0.39, 0.29) is 29.7 Å². The number of piperidine rings is 1. The lowest BCUT2D eigenvalue weighted by molar-refractivity contribution is -0.138. The molecule has 5 heteroatoms. The molecule has 0 aromatic heterocycles. The van der Waals surface area contributed by atoms with Gasteiger partial charge in [0, 0.05) is 32.0 Å². The maximum Gasteiger partial charge on any atom is 0.228 e. The first-order valence-corrected chi connectivity index (χ1v) is 9.28. The smallest absolute Gasteiger partial charge is 0.228 e. The highest BCUT2D eigenvalue weighted by Gasteiger charge is 2.39. The van der Waals surface area contributed by atoms with Gasteiger partial charge in [0.15, 0.2) is 0 Å². The van der Waals surface area contributed by atoms with Gasteiger partial charge in [-0.05, 0) is 32.3 Å². The third-order valence-electron chi connectivity index (χ3n) is 5.71. The minimum Gasteiger partial charge on any atom is -0.393 e. The molecule has 2 aliphatic rings. The van der Waals surface area contributed by atoms with Crippen LogP contribution in [0.15, 0.2) is 30.3 Å². The summed E-state index contributed by atoms with van der Waals surface area (Å²) in [5.74, 6) is 0.0146. The molecule has 0 aliphatic carbocycles. The first-order chi connectivity index (χ1) is 12.0. The summed E-state index contributed by atoms with van der Waals surface area (Å²) >= 11 is 0. The van der Waals surface area contributed by atoms with Gasteiger partial charge >= 0.3 is 0 Å². The van der Waals surface area contributed by atoms with Gasteiger partial charge in [0.1, 0.15) is 0 Å². The quantitative estimate of drug-likeness (QED) is 0.911. The Bertz CT molecular complexity index is 617. The second-order valence-electron chi connectivity index (χ2n) is 7.46. The van der Waals surface area contributed by atoms with E-state index in [4.69, 9.17) is 0 Å². The Morgan fingerprint density at radius 3 is 2.60 bits per heavy atom. The topological polar surface area (TPSA) is 60.9 Å². The second-order valence-corrected chi connectivity index (χ2v) is 7.46. The predicted molar refractivity (Wildman–Crippen MR) is 95.7 cm³/mol. The van der Waals surface area contributed by atoms with E-state index < -0.39 is 6.10 Å². The van der Waals surface area contributed by atoms with Crippen molar-refractivity contribution in [3.63, 3.8) is 0 Å². The van der Waals surface area contributed by atoms with E-state index >= 15 is 0 Å². The third kappa shape index (κ3) is 3.87. The summed E-state index contributed by atoms with van der Waals surface area (Å²) in [5, 5.41) is 9.82. The van der Waals surface area contributed by atoms with Crippen LogP contribution in [0.3, 0.4) is 0 Å². The van der Waals surface area contributed by atoms with Crippen molar-refractivity contribution in [3.05, 3.63) is 35.9 Å². The predicted octanol–water partition coefficient (Wildman–Crippen LogP) is 2.22. The lowest BCUT2D eigenvalue weighted by Gasteiger charge is -2.35. The number of aliphatic hydroxyl groups excluding tert-OH is 1. The molecule has 4 atom stereocenters. The molecule has 2 saturated heterocycles. The zero-order valence-electron chi connectivity index (χ0n) is 15.1. The molecule has 136 valence electrons. The van der Waals surface area contributed by atoms with Crippen LogP contribution in [-0.4, -0.2) is 52.5 Å². The summed E-state index contributed by atoms with van der Waals surface area (Å²) < 4.78 is 0. The van der Waals surface area contributed by atoms with E-state index in [0.717, 1.165) is 24.9 Å². The van der Waals surface area contributed by atoms with E-state index in [1.807, 2.05) is 47.1 Å². The average Bonchev–Trinajstić information content (AvgIpc) is 3.03. The van der Waals surface area contributed by atoms with Gasteiger partial charge in [0.2, 0.25) is 11.8 Å². The molecule has 5 nitrogen and oxygen atoms in total. The Balaban J connectivity index is 1.64. The zero-order chi connectivity index (χ0) is 18.0. The number of carbonyl (C=O) groups is 2. The monoisotopic (exact) mass is 344 g/mol. The molecule has 25 heavy (non-hydrogen) atoms. The maximum absolute atomic E-state index is 12.9. The molecular weight excluding hydrogens is 316 g/mol. The Kier molecular flexibility index (Phi) is 5.42. The van der Waals surface area contributed by atoms with Crippen molar-refractivity contribution in [1.82, 2.24) is 9.80 Å². The number of rotatable bonds is 4. The van der Waals surface area contributed by atoms with Gasteiger partial charge in [0.25, 0.3) is 0 Å². The van der Waals surface area contributed by atoms with Crippen LogP contribution < -0.4 is 0 Å². The highest BCUT2D eigenvalue weighted by atomic mass is 16.3. The molecule has 3 rings (SSSR count). The van der Waals surface area contributed by atoms with Crippen LogP contribution in [-0.2, 0) is 9.59 Å². The fourth-order valence-electron chi connectivity index (χ4n) is 4.04. The number of aliphatic hydroxyl groups is 1. The molecule has 0 radical (unpaired) electrons. The summed E-state index contributed by atoms with van der Waals surface area (Å²) in [6.45, 7) is 5.64. The van der Waals surface area contributed by atoms with E-state index in [9.17, 15) is 14.7 Å². The van der Waals surface area contributed by atoms with Crippen LogP contribution >= 0.6 is 0 Å². The van der Waals surface area contributed by atoms with Gasteiger partial charge in [-0.2, -0.15) is 0 Å². The zero-order valence-corrected chi connectivity index (χ0v) is 15.1. The van der Waals surface area contributed by atoms with Gasteiger partial charge in [-0.1, -0.05) is 30.3 Å². The molecule has 0 bridgehead atoms. The lowest BCUT2D eigenvalue weighted by Crippen LogP contribution is -2.45. The highest BCUT2D eigenvalue weighted by molar-refractivity contribution is 5.89. The number of hydrogen-bond acceptors (Lipinski definition) is 3. The first-order valence-electron chi connectivity index (χ1n) is 9.28. The molecule has 2 heterocycles.